The van der Waals surface area contributed by atoms with Crippen LogP contribution in [0.4, 0.5) is 0 Å². The van der Waals surface area contributed by atoms with Crippen LogP contribution in [0.5, 0.6) is 0 Å². The van der Waals surface area contributed by atoms with Gasteiger partial charge in [0.1, 0.15) is 6.04 Å². The van der Waals surface area contributed by atoms with Crippen LogP contribution in [0.25, 0.3) is 0 Å². The van der Waals surface area contributed by atoms with E-state index in [0.29, 0.717) is 12.0 Å². The Morgan fingerprint density at radius 3 is 1.55 bits per heavy atom. The molecule has 4 rings (SSSR count). The third kappa shape index (κ3) is 5.95. The highest BCUT2D eigenvalue weighted by Crippen LogP contribution is 2.22. The van der Waals surface area contributed by atoms with Gasteiger partial charge in [0.2, 0.25) is 5.91 Å². The molecular weight excluding hydrogens is 408 g/mol. The molecule has 1 atom stereocenters. The van der Waals surface area contributed by atoms with E-state index in [0.717, 1.165) is 16.7 Å². The summed E-state index contributed by atoms with van der Waals surface area (Å²) in [6.07, 6.45) is 0.390. The molecule has 2 N–H and O–H groups in total. The lowest BCUT2D eigenvalue weighted by atomic mass is 9.97. The predicted molar refractivity (Wildman–Crippen MR) is 131 cm³/mol. The molecule has 0 heterocycles. The van der Waals surface area contributed by atoms with Crippen LogP contribution in [-0.4, -0.2) is 17.9 Å². The predicted octanol–water partition coefficient (Wildman–Crippen LogP) is 4.93. The van der Waals surface area contributed by atoms with Gasteiger partial charge in [-0.15, -0.1) is 0 Å². The van der Waals surface area contributed by atoms with Crippen molar-refractivity contribution in [3.8, 4) is 0 Å². The molecule has 0 aliphatic rings. The first kappa shape index (κ1) is 22.0. The minimum absolute atomic E-state index is 0.235. The summed E-state index contributed by atoms with van der Waals surface area (Å²) in [6.45, 7) is 0. The van der Waals surface area contributed by atoms with Crippen molar-refractivity contribution in [3.05, 3.63) is 144 Å². The first-order valence-corrected chi connectivity index (χ1v) is 11.0. The fourth-order valence-electron chi connectivity index (χ4n) is 3.78. The van der Waals surface area contributed by atoms with Gasteiger partial charge in [0, 0.05) is 12.0 Å². The van der Waals surface area contributed by atoms with Gasteiger partial charge < -0.3 is 10.6 Å². The highest BCUT2D eigenvalue weighted by molar-refractivity contribution is 5.97. The third-order valence-electron chi connectivity index (χ3n) is 5.49. The molecule has 0 bridgehead atoms. The van der Waals surface area contributed by atoms with Crippen molar-refractivity contribution < 1.29 is 9.59 Å². The van der Waals surface area contributed by atoms with Crippen molar-refractivity contribution in [2.45, 2.75) is 18.5 Å². The third-order valence-corrected chi connectivity index (χ3v) is 5.49. The van der Waals surface area contributed by atoms with Crippen molar-refractivity contribution in [1.82, 2.24) is 10.6 Å². The summed E-state index contributed by atoms with van der Waals surface area (Å²) in [6, 6.07) is 37.3. The molecular formula is C29H26N2O2. The van der Waals surface area contributed by atoms with Crippen LogP contribution in [-0.2, 0) is 11.2 Å². The minimum atomic E-state index is -0.727. The average molecular weight is 435 g/mol. The van der Waals surface area contributed by atoms with Crippen molar-refractivity contribution in [2.24, 2.45) is 0 Å². The van der Waals surface area contributed by atoms with Gasteiger partial charge in [0.25, 0.3) is 5.91 Å². The van der Waals surface area contributed by atoms with Gasteiger partial charge in [-0.05, 0) is 28.8 Å². The van der Waals surface area contributed by atoms with Gasteiger partial charge in [-0.3, -0.25) is 9.59 Å². The number of hydrogen-bond donors (Lipinski definition) is 2. The van der Waals surface area contributed by atoms with E-state index < -0.39 is 6.04 Å². The second kappa shape index (κ2) is 10.9. The number of amides is 2. The van der Waals surface area contributed by atoms with E-state index in [1.807, 2.05) is 109 Å². The number of carbonyl (C=O) groups is 2. The Morgan fingerprint density at radius 2 is 1.03 bits per heavy atom. The van der Waals surface area contributed by atoms with Gasteiger partial charge in [-0.1, -0.05) is 109 Å². The summed E-state index contributed by atoms with van der Waals surface area (Å²) in [7, 11) is 0. The Hall–Kier alpha value is -4.18. The summed E-state index contributed by atoms with van der Waals surface area (Å²) < 4.78 is 0. The molecule has 0 saturated heterocycles. The number of rotatable bonds is 8. The highest BCUT2D eigenvalue weighted by atomic mass is 16.2. The van der Waals surface area contributed by atoms with Crippen LogP contribution in [0.15, 0.2) is 121 Å². The van der Waals surface area contributed by atoms with Crippen molar-refractivity contribution >= 4 is 11.8 Å². The van der Waals surface area contributed by atoms with Crippen LogP contribution in [0.3, 0.4) is 0 Å². The zero-order valence-corrected chi connectivity index (χ0v) is 18.2. The molecule has 4 nitrogen and oxygen atoms in total. The largest absolute Gasteiger partial charge is 0.343 e. The van der Waals surface area contributed by atoms with Crippen LogP contribution >= 0.6 is 0 Å². The summed E-state index contributed by atoms with van der Waals surface area (Å²) >= 11 is 0. The molecule has 0 spiro atoms. The molecule has 0 aliphatic carbocycles. The van der Waals surface area contributed by atoms with Crippen molar-refractivity contribution in [1.29, 1.82) is 0 Å². The van der Waals surface area contributed by atoms with Gasteiger partial charge in [-0.25, -0.2) is 0 Å². The number of hydrogen-bond acceptors (Lipinski definition) is 2. The van der Waals surface area contributed by atoms with E-state index in [9.17, 15) is 9.59 Å². The van der Waals surface area contributed by atoms with Crippen LogP contribution in [0.2, 0.25) is 0 Å². The topological polar surface area (TPSA) is 58.2 Å². The zero-order chi connectivity index (χ0) is 22.9. The Labute approximate surface area is 194 Å². The second-order valence-corrected chi connectivity index (χ2v) is 7.84. The molecule has 0 fully saturated rings. The lowest BCUT2D eigenvalue weighted by molar-refractivity contribution is -0.123. The Kier molecular flexibility index (Phi) is 7.29. The van der Waals surface area contributed by atoms with Crippen molar-refractivity contribution in [3.63, 3.8) is 0 Å². The monoisotopic (exact) mass is 434 g/mol. The maximum Gasteiger partial charge on any atom is 0.251 e. The average Bonchev–Trinajstić information content (AvgIpc) is 2.89. The standard InChI is InChI=1S/C29H26N2O2/c32-28(25-19-11-4-12-20-25)30-26(21-22-13-5-1-6-14-22)29(33)31-27(23-15-7-2-8-16-23)24-17-9-3-10-18-24/h1-20,26-27H,21H2,(H,30,32)(H,31,33)/t26-/m0/s1. The van der Waals surface area contributed by atoms with E-state index in [4.69, 9.17) is 0 Å². The van der Waals surface area contributed by atoms with E-state index in [2.05, 4.69) is 10.6 Å². The fourth-order valence-corrected chi connectivity index (χ4v) is 3.78. The van der Waals surface area contributed by atoms with Crippen molar-refractivity contribution in [2.75, 3.05) is 0 Å². The van der Waals surface area contributed by atoms with E-state index >= 15 is 0 Å². The number of carbonyl (C=O) groups excluding carboxylic acids is 2. The van der Waals surface area contributed by atoms with Crippen LogP contribution in [0.1, 0.15) is 33.1 Å². The molecule has 0 aromatic heterocycles. The molecule has 0 radical (unpaired) electrons. The Bertz CT molecular complexity index is 1120. The van der Waals surface area contributed by atoms with Gasteiger partial charge in [0.05, 0.1) is 6.04 Å². The molecule has 0 aliphatic heterocycles. The summed E-state index contributed by atoms with van der Waals surface area (Å²) in [5.74, 6) is -0.511. The molecule has 4 aromatic carbocycles. The summed E-state index contributed by atoms with van der Waals surface area (Å²) in [5, 5.41) is 6.11. The molecule has 2 amide bonds. The van der Waals surface area contributed by atoms with Crippen LogP contribution in [0, 0.1) is 0 Å². The van der Waals surface area contributed by atoms with Gasteiger partial charge in [-0.2, -0.15) is 0 Å². The minimum Gasteiger partial charge on any atom is -0.343 e. The zero-order valence-electron chi connectivity index (χ0n) is 18.2. The molecule has 0 unspecified atom stereocenters. The molecule has 164 valence electrons. The smallest absolute Gasteiger partial charge is 0.251 e. The quantitative estimate of drug-likeness (QED) is 0.413. The first-order valence-electron chi connectivity index (χ1n) is 11.0. The first-order chi connectivity index (χ1) is 16.2. The maximum absolute atomic E-state index is 13.5. The normalized spacial score (nSPS) is 11.5. The van der Waals surface area contributed by atoms with Gasteiger partial charge in [0.15, 0.2) is 0 Å². The molecule has 4 aromatic rings. The second-order valence-electron chi connectivity index (χ2n) is 7.84. The lowest BCUT2D eigenvalue weighted by Gasteiger charge is -2.24. The lowest BCUT2D eigenvalue weighted by Crippen LogP contribution is -2.49. The Balaban J connectivity index is 1.60. The maximum atomic E-state index is 13.5. The van der Waals surface area contributed by atoms with Crippen LogP contribution < -0.4 is 10.6 Å². The molecule has 4 heteroatoms. The summed E-state index contributed by atoms with van der Waals surface area (Å²) in [4.78, 5) is 26.4. The van der Waals surface area contributed by atoms with E-state index in [1.54, 1.807) is 12.1 Å². The van der Waals surface area contributed by atoms with E-state index in [-0.39, 0.29) is 17.9 Å². The molecule has 0 saturated carbocycles. The SMILES string of the molecule is O=C(N[C@@H](Cc1ccccc1)C(=O)NC(c1ccccc1)c1ccccc1)c1ccccc1. The Morgan fingerprint density at radius 1 is 0.576 bits per heavy atom. The highest BCUT2D eigenvalue weighted by Gasteiger charge is 2.25. The number of nitrogens with one attached hydrogen (secondary N) is 2. The summed E-state index contributed by atoms with van der Waals surface area (Å²) in [5.41, 5.74) is 3.45. The van der Waals surface area contributed by atoms with E-state index in [1.165, 1.54) is 0 Å². The fraction of sp³-hybridized carbons (Fsp3) is 0.103. The molecule has 33 heavy (non-hydrogen) atoms. The number of benzene rings is 4. The van der Waals surface area contributed by atoms with Gasteiger partial charge >= 0.3 is 0 Å².